The van der Waals surface area contributed by atoms with Crippen molar-refractivity contribution in [1.29, 1.82) is 0 Å². The van der Waals surface area contributed by atoms with E-state index in [1.807, 2.05) is 79.7 Å². The molecule has 3 aromatic rings. The van der Waals surface area contributed by atoms with Crippen molar-refractivity contribution in [3.63, 3.8) is 0 Å². The lowest BCUT2D eigenvalue weighted by molar-refractivity contribution is 0.129. The molecule has 0 atom stereocenters. The number of rotatable bonds is 9. The van der Waals surface area contributed by atoms with E-state index in [0.29, 0.717) is 5.69 Å². The Morgan fingerprint density at radius 3 is 2.22 bits per heavy atom. The summed E-state index contributed by atoms with van der Waals surface area (Å²) in [4.78, 5) is 19.1. The topological polar surface area (TPSA) is 69.6 Å². The van der Waals surface area contributed by atoms with E-state index in [2.05, 4.69) is 5.16 Å². The number of amides is 1. The zero-order valence-electron chi connectivity index (χ0n) is 18.4. The average Bonchev–Trinajstić information content (AvgIpc) is 2.83. The highest BCUT2D eigenvalue weighted by Crippen LogP contribution is 2.23. The fourth-order valence-corrected chi connectivity index (χ4v) is 3.00. The molecule has 0 spiro atoms. The first-order chi connectivity index (χ1) is 15.6. The molecule has 3 aromatic carbocycles. The predicted molar refractivity (Wildman–Crippen MR) is 123 cm³/mol. The van der Waals surface area contributed by atoms with Gasteiger partial charge in [0, 0.05) is 12.7 Å². The van der Waals surface area contributed by atoms with Gasteiger partial charge in [0.05, 0.1) is 18.5 Å². The third-order valence-corrected chi connectivity index (χ3v) is 4.61. The number of nitrogens with zero attached hydrogens (tertiary/aromatic N) is 2. The molecule has 1 amide bonds. The number of oxime groups is 1. The van der Waals surface area contributed by atoms with Crippen LogP contribution in [0.2, 0.25) is 0 Å². The number of anilines is 1. The highest BCUT2D eigenvalue weighted by Gasteiger charge is 2.19. The molecule has 0 fully saturated rings. The van der Waals surface area contributed by atoms with Crippen molar-refractivity contribution >= 4 is 17.5 Å². The molecule has 7 nitrogen and oxygen atoms in total. The van der Waals surface area contributed by atoms with Crippen molar-refractivity contribution in [1.82, 2.24) is 0 Å². The van der Waals surface area contributed by atoms with E-state index < -0.39 is 6.09 Å². The Bertz CT molecular complexity index is 1040. The molecule has 166 valence electrons. The van der Waals surface area contributed by atoms with Gasteiger partial charge in [-0.15, -0.1) is 0 Å². The summed E-state index contributed by atoms with van der Waals surface area (Å²) in [5.74, 6) is 1.52. The summed E-state index contributed by atoms with van der Waals surface area (Å²) in [5.41, 5.74) is 3.04. The standard InChI is InChI=1S/C25H26N2O5/c1-19(20-13-15-23(16-14-20)32-22-10-5-4-6-11-22)26-31-17-21-9-7-8-12-24(21)27(18-29-2)25(28)30-3/h4-16H,17-18H2,1-3H3. The average molecular weight is 434 g/mol. The summed E-state index contributed by atoms with van der Waals surface area (Å²) < 4.78 is 15.8. The van der Waals surface area contributed by atoms with Gasteiger partial charge in [0.25, 0.3) is 0 Å². The molecule has 0 aliphatic rings. The lowest BCUT2D eigenvalue weighted by atomic mass is 10.1. The second-order valence-corrected chi connectivity index (χ2v) is 6.83. The number of benzene rings is 3. The van der Waals surface area contributed by atoms with Crippen molar-refractivity contribution in [2.75, 3.05) is 25.9 Å². The van der Waals surface area contributed by atoms with Crippen molar-refractivity contribution in [2.24, 2.45) is 5.16 Å². The summed E-state index contributed by atoms with van der Waals surface area (Å²) in [6.07, 6.45) is -0.517. The molecule has 0 heterocycles. The van der Waals surface area contributed by atoms with Gasteiger partial charge < -0.3 is 19.0 Å². The molecule has 0 aromatic heterocycles. The smallest absolute Gasteiger partial charge is 0.415 e. The molecule has 0 saturated carbocycles. The Labute approximate surface area is 187 Å². The van der Waals surface area contributed by atoms with Gasteiger partial charge >= 0.3 is 6.09 Å². The Balaban J connectivity index is 1.65. The van der Waals surface area contributed by atoms with Crippen LogP contribution >= 0.6 is 0 Å². The number of methoxy groups -OCH3 is 2. The summed E-state index contributed by atoms with van der Waals surface area (Å²) >= 11 is 0. The van der Waals surface area contributed by atoms with Crippen LogP contribution in [0.15, 0.2) is 84.0 Å². The number of carbonyl (C=O) groups is 1. The van der Waals surface area contributed by atoms with Gasteiger partial charge in [0.15, 0.2) is 0 Å². The zero-order chi connectivity index (χ0) is 22.8. The zero-order valence-corrected chi connectivity index (χ0v) is 18.4. The molecule has 3 rings (SSSR count). The molecular formula is C25H26N2O5. The molecule has 32 heavy (non-hydrogen) atoms. The van der Waals surface area contributed by atoms with E-state index in [4.69, 9.17) is 19.0 Å². The molecule has 0 radical (unpaired) electrons. The Kier molecular flexibility index (Phi) is 8.22. The van der Waals surface area contributed by atoms with Gasteiger partial charge in [-0.2, -0.15) is 0 Å². The minimum absolute atomic E-state index is 0.0589. The lowest BCUT2D eigenvalue weighted by Crippen LogP contribution is -2.33. The maximum absolute atomic E-state index is 12.1. The van der Waals surface area contributed by atoms with E-state index in [-0.39, 0.29) is 13.3 Å². The maximum Gasteiger partial charge on any atom is 0.415 e. The van der Waals surface area contributed by atoms with E-state index in [9.17, 15) is 4.79 Å². The maximum atomic E-state index is 12.1. The van der Waals surface area contributed by atoms with E-state index in [1.165, 1.54) is 19.1 Å². The second-order valence-electron chi connectivity index (χ2n) is 6.83. The van der Waals surface area contributed by atoms with E-state index in [0.717, 1.165) is 28.3 Å². The van der Waals surface area contributed by atoms with Crippen LogP contribution in [-0.2, 0) is 20.9 Å². The van der Waals surface area contributed by atoms with Crippen LogP contribution in [0.5, 0.6) is 11.5 Å². The minimum Gasteiger partial charge on any atom is -0.457 e. The first kappa shape index (κ1) is 22.8. The highest BCUT2D eigenvalue weighted by molar-refractivity contribution is 5.98. The van der Waals surface area contributed by atoms with E-state index >= 15 is 0 Å². The van der Waals surface area contributed by atoms with Crippen LogP contribution < -0.4 is 9.64 Å². The van der Waals surface area contributed by atoms with Gasteiger partial charge in [-0.05, 0) is 55.0 Å². The lowest BCUT2D eigenvalue weighted by Gasteiger charge is -2.22. The first-order valence-corrected chi connectivity index (χ1v) is 10.0. The molecular weight excluding hydrogens is 408 g/mol. The molecule has 0 N–H and O–H groups in total. The number of hydrogen-bond acceptors (Lipinski definition) is 6. The third-order valence-electron chi connectivity index (χ3n) is 4.61. The molecule has 0 unspecified atom stereocenters. The van der Waals surface area contributed by atoms with Crippen LogP contribution in [0.1, 0.15) is 18.1 Å². The number of carbonyl (C=O) groups excluding carboxylic acids is 1. The summed E-state index contributed by atoms with van der Waals surface area (Å²) in [6.45, 7) is 2.11. The number of hydrogen-bond donors (Lipinski definition) is 0. The number of para-hydroxylation sites is 2. The van der Waals surface area contributed by atoms with Crippen LogP contribution in [0.3, 0.4) is 0 Å². The fraction of sp³-hybridized carbons (Fsp3) is 0.200. The quantitative estimate of drug-likeness (QED) is 0.249. The van der Waals surface area contributed by atoms with Crippen molar-refractivity contribution in [3.8, 4) is 11.5 Å². The highest BCUT2D eigenvalue weighted by atomic mass is 16.6. The predicted octanol–water partition coefficient (Wildman–Crippen LogP) is 5.60. The summed E-state index contributed by atoms with van der Waals surface area (Å²) in [6, 6.07) is 24.6. The molecule has 0 aliphatic carbocycles. The largest absolute Gasteiger partial charge is 0.457 e. The van der Waals surface area contributed by atoms with Gasteiger partial charge in [-0.25, -0.2) is 4.79 Å². The Morgan fingerprint density at radius 2 is 1.53 bits per heavy atom. The van der Waals surface area contributed by atoms with Crippen molar-refractivity contribution in [3.05, 3.63) is 90.0 Å². The summed E-state index contributed by atoms with van der Waals surface area (Å²) in [7, 11) is 2.84. The van der Waals surface area contributed by atoms with Crippen molar-refractivity contribution < 1.29 is 23.8 Å². The Hall–Kier alpha value is -3.84. The van der Waals surface area contributed by atoms with Gasteiger partial charge in [-0.3, -0.25) is 4.90 Å². The van der Waals surface area contributed by atoms with Crippen LogP contribution in [0.4, 0.5) is 10.5 Å². The monoisotopic (exact) mass is 434 g/mol. The molecule has 0 aliphatic heterocycles. The molecule has 0 saturated heterocycles. The first-order valence-electron chi connectivity index (χ1n) is 10.0. The van der Waals surface area contributed by atoms with Crippen molar-refractivity contribution in [2.45, 2.75) is 13.5 Å². The normalized spacial score (nSPS) is 11.0. The summed E-state index contributed by atoms with van der Waals surface area (Å²) in [5, 5.41) is 4.22. The third kappa shape index (κ3) is 6.09. The molecule has 0 bridgehead atoms. The minimum atomic E-state index is -0.517. The SMILES string of the molecule is COCN(C(=O)OC)c1ccccc1CON=C(C)c1ccc(Oc2ccccc2)cc1. The van der Waals surface area contributed by atoms with Gasteiger partial charge in [0.1, 0.15) is 24.8 Å². The van der Waals surface area contributed by atoms with E-state index in [1.54, 1.807) is 6.07 Å². The Morgan fingerprint density at radius 1 is 0.875 bits per heavy atom. The van der Waals surface area contributed by atoms with Crippen LogP contribution in [0.25, 0.3) is 0 Å². The second kappa shape index (κ2) is 11.5. The fourth-order valence-electron chi connectivity index (χ4n) is 3.00. The van der Waals surface area contributed by atoms with Gasteiger partial charge in [-0.1, -0.05) is 41.6 Å². The van der Waals surface area contributed by atoms with Crippen LogP contribution in [-0.4, -0.2) is 32.8 Å². The number of ether oxygens (including phenoxy) is 3. The van der Waals surface area contributed by atoms with Gasteiger partial charge in [0.2, 0.25) is 0 Å². The molecule has 7 heteroatoms. The van der Waals surface area contributed by atoms with Crippen LogP contribution in [0, 0.1) is 0 Å².